The van der Waals surface area contributed by atoms with Gasteiger partial charge >= 0.3 is 0 Å². The molecule has 0 aromatic heterocycles. The van der Waals surface area contributed by atoms with Crippen LogP contribution in [0.1, 0.15) is 25.7 Å². The molecule has 0 unspecified atom stereocenters. The molecule has 3 rings (SSSR count). The topological polar surface area (TPSA) is 92.7 Å². The van der Waals surface area contributed by atoms with Crippen LogP contribution >= 0.6 is 0 Å². The van der Waals surface area contributed by atoms with Crippen molar-refractivity contribution in [3.8, 4) is 0 Å². The van der Waals surface area contributed by atoms with Gasteiger partial charge in [0.05, 0.1) is 10.5 Å². The fourth-order valence-corrected chi connectivity index (χ4v) is 3.57. The van der Waals surface area contributed by atoms with Crippen LogP contribution in [0, 0.1) is 10.1 Å². The van der Waals surface area contributed by atoms with Gasteiger partial charge in [-0.15, -0.1) is 0 Å². The highest BCUT2D eigenvalue weighted by atomic mass is 16.6. The van der Waals surface area contributed by atoms with Crippen LogP contribution in [0.15, 0.2) is 24.3 Å². The Kier molecular flexibility index (Phi) is 4.21. The zero-order chi connectivity index (χ0) is 16.4. The molecule has 2 N–H and O–H groups in total. The van der Waals surface area contributed by atoms with Gasteiger partial charge in [0.1, 0.15) is 5.69 Å². The van der Waals surface area contributed by atoms with Crippen LogP contribution in [0.2, 0.25) is 0 Å². The van der Waals surface area contributed by atoms with Crippen LogP contribution in [0.3, 0.4) is 0 Å². The van der Waals surface area contributed by atoms with Gasteiger partial charge in [-0.2, -0.15) is 0 Å². The molecular formula is C16H22N4O3. The van der Waals surface area contributed by atoms with E-state index in [1.165, 1.54) is 6.07 Å². The van der Waals surface area contributed by atoms with Gasteiger partial charge in [0.2, 0.25) is 5.91 Å². The number of hydrogen-bond acceptors (Lipinski definition) is 5. The molecule has 0 spiro atoms. The first-order valence-electron chi connectivity index (χ1n) is 8.08. The van der Waals surface area contributed by atoms with Crippen molar-refractivity contribution in [2.75, 3.05) is 31.1 Å². The van der Waals surface area contributed by atoms with Gasteiger partial charge in [-0.05, 0) is 18.9 Å². The third kappa shape index (κ3) is 3.01. The number of benzene rings is 1. The molecule has 0 bridgehead atoms. The Morgan fingerprint density at radius 3 is 2.35 bits per heavy atom. The number of hydrogen-bond donors (Lipinski definition) is 1. The van der Waals surface area contributed by atoms with E-state index in [0.717, 1.165) is 25.7 Å². The van der Waals surface area contributed by atoms with Crippen LogP contribution in [0.25, 0.3) is 0 Å². The first-order valence-corrected chi connectivity index (χ1v) is 8.08. The van der Waals surface area contributed by atoms with Gasteiger partial charge in [0, 0.05) is 32.2 Å². The summed E-state index contributed by atoms with van der Waals surface area (Å²) in [5, 5.41) is 11.2. The summed E-state index contributed by atoms with van der Waals surface area (Å²) >= 11 is 0. The molecule has 1 aromatic rings. The zero-order valence-electron chi connectivity index (χ0n) is 13.1. The number of amides is 1. The highest BCUT2D eigenvalue weighted by molar-refractivity contribution is 5.86. The Balaban J connectivity index is 1.67. The number of carbonyl (C=O) groups is 1. The number of piperazine rings is 1. The highest BCUT2D eigenvalue weighted by Crippen LogP contribution is 2.31. The van der Waals surface area contributed by atoms with Crippen molar-refractivity contribution in [3.05, 3.63) is 34.4 Å². The number of nitrogens with two attached hydrogens (primary N) is 1. The lowest BCUT2D eigenvalue weighted by molar-refractivity contribution is -0.384. The van der Waals surface area contributed by atoms with Gasteiger partial charge in [-0.1, -0.05) is 25.0 Å². The van der Waals surface area contributed by atoms with E-state index in [0.29, 0.717) is 31.9 Å². The second-order valence-electron chi connectivity index (χ2n) is 6.39. The molecule has 2 fully saturated rings. The van der Waals surface area contributed by atoms with E-state index >= 15 is 0 Å². The Morgan fingerprint density at radius 2 is 1.74 bits per heavy atom. The van der Waals surface area contributed by atoms with Crippen molar-refractivity contribution in [1.29, 1.82) is 0 Å². The van der Waals surface area contributed by atoms with Crippen molar-refractivity contribution < 1.29 is 9.72 Å². The fraction of sp³-hybridized carbons (Fsp3) is 0.562. The minimum atomic E-state index is -0.694. The molecule has 1 aromatic carbocycles. The van der Waals surface area contributed by atoms with Crippen LogP contribution in [-0.2, 0) is 4.79 Å². The average molecular weight is 318 g/mol. The lowest BCUT2D eigenvalue weighted by Gasteiger charge is -2.39. The first-order chi connectivity index (χ1) is 11.0. The fourth-order valence-electron chi connectivity index (χ4n) is 3.57. The number of para-hydroxylation sites is 2. The van der Waals surface area contributed by atoms with Crippen molar-refractivity contribution in [3.63, 3.8) is 0 Å². The van der Waals surface area contributed by atoms with E-state index in [1.807, 2.05) is 9.80 Å². The molecule has 1 amide bonds. The number of nitro groups is 1. The smallest absolute Gasteiger partial charge is 0.292 e. The number of nitrogens with zero attached hydrogens (tertiary/aromatic N) is 3. The monoisotopic (exact) mass is 318 g/mol. The minimum absolute atomic E-state index is 0.0391. The van der Waals surface area contributed by atoms with Gasteiger partial charge in [0.25, 0.3) is 5.69 Å². The summed E-state index contributed by atoms with van der Waals surface area (Å²) in [7, 11) is 0. The molecule has 124 valence electrons. The predicted octanol–water partition coefficient (Wildman–Crippen LogP) is 1.51. The molecule has 1 saturated carbocycles. The van der Waals surface area contributed by atoms with Crippen LogP contribution in [0.5, 0.6) is 0 Å². The quantitative estimate of drug-likeness (QED) is 0.673. The maximum Gasteiger partial charge on any atom is 0.292 e. The summed E-state index contributed by atoms with van der Waals surface area (Å²) < 4.78 is 0. The second kappa shape index (κ2) is 6.16. The van der Waals surface area contributed by atoms with Gasteiger partial charge in [-0.25, -0.2) is 0 Å². The van der Waals surface area contributed by atoms with E-state index in [2.05, 4.69) is 0 Å². The van der Waals surface area contributed by atoms with Gasteiger partial charge < -0.3 is 15.5 Å². The van der Waals surface area contributed by atoms with Crippen molar-refractivity contribution >= 4 is 17.3 Å². The summed E-state index contributed by atoms with van der Waals surface area (Å²) in [6.07, 6.45) is 3.54. The molecule has 0 atom stereocenters. The average Bonchev–Trinajstić information content (AvgIpc) is 3.02. The van der Waals surface area contributed by atoms with E-state index in [4.69, 9.17) is 5.73 Å². The lowest BCUT2D eigenvalue weighted by atomic mass is 9.97. The number of anilines is 1. The summed E-state index contributed by atoms with van der Waals surface area (Å²) in [6, 6.07) is 6.74. The molecule has 1 aliphatic carbocycles. The maximum atomic E-state index is 12.6. The summed E-state index contributed by atoms with van der Waals surface area (Å²) in [5.74, 6) is 0.0391. The molecule has 1 saturated heterocycles. The van der Waals surface area contributed by atoms with Crippen LogP contribution < -0.4 is 10.6 Å². The first kappa shape index (κ1) is 15.7. The highest BCUT2D eigenvalue weighted by Gasteiger charge is 2.40. The summed E-state index contributed by atoms with van der Waals surface area (Å²) in [6.45, 7) is 2.30. The number of nitro benzene ring substituents is 1. The standard InChI is InChI=1S/C16H22N4O3/c17-16(7-3-4-8-16)15(21)19-11-9-18(10-12-19)13-5-1-2-6-14(13)20(22)23/h1-2,5-6H,3-4,7-12,17H2. The Morgan fingerprint density at radius 1 is 1.13 bits per heavy atom. The Bertz CT molecular complexity index is 605. The molecule has 0 radical (unpaired) electrons. The molecule has 23 heavy (non-hydrogen) atoms. The van der Waals surface area contributed by atoms with E-state index < -0.39 is 5.54 Å². The Labute approximate surface area is 135 Å². The van der Waals surface area contributed by atoms with Crippen LogP contribution in [0.4, 0.5) is 11.4 Å². The van der Waals surface area contributed by atoms with Crippen molar-refractivity contribution in [1.82, 2.24) is 4.90 Å². The van der Waals surface area contributed by atoms with E-state index in [9.17, 15) is 14.9 Å². The number of carbonyl (C=O) groups excluding carboxylic acids is 1. The van der Waals surface area contributed by atoms with Gasteiger partial charge in [-0.3, -0.25) is 14.9 Å². The maximum absolute atomic E-state index is 12.6. The zero-order valence-corrected chi connectivity index (χ0v) is 13.1. The minimum Gasteiger partial charge on any atom is -0.362 e. The van der Waals surface area contributed by atoms with Crippen molar-refractivity contribution in [2.24, 2.45) is 5.73 Å². The second-order valence-corrected chi connectivity index (χ2v) is 6.39. The van der Waals surface area contributed by atoms with Crippen molar-refractivity contribution in [2.45, 2.75) is 31.2 Å². The Hall–Kier alpha value is -2.15. The molecule has 1 heterocycles. The van der Waals surface area contributed by atoms with E-state index in [1.54, 1.807) is 18.2 Å². The van der Waals surface area contributed by atoms with Gasteiger partial charge in [0.15, 0.2) is 0 Å². The third-order valence-electron chi connectivity index (χ3n) is 4.91. The largest absolute Gasteiger partial charge is 0.362 e. The molecule has 7 nitrogen and oxygen atoms in total. The molecular weight excluding hydrogens is 296 g/mol. The summed E-state index contributed by atoms with van der Waals surface area (Å²) in [4.78, 5) is 27.2. The normalized spacial score (nSPS) is 20.6. The molecule has 2 aliphatic rings. The third-order valence-corrected chi connectivity index (χ3v) is 4.91. The van der Waals surface area contributed by atoms with Crippen LogP contribution in [-0.4, -0.2) is 47.4 Å². The summed E-state index contributed by atoms with van der Waals surface area (Å²) in [5.41, 5.74) is 6.28. The SMILES string of the molecule is NC1(C(=O)N2CCN(c3ccccc3[N+](=O)[O-])CC2)CCCC1. The number of rotatable bonds is 3. The van der Waals surface area contributed by atoms with E-state index in [-0.39, 0.29) is 16.5 Å². The predicted molar refractivity (Wildman–Crippen MR) is 87.3 cm³/mol. The molecule has 7 heteroatoms. The lowest BCUT2D eigenvalue weighted by Crippen LogP contribution is -2.58. The molecule has 1 aliphatic heterocycles.